The fourth-order valence-electron chi connectivity index (χ4n) is 2.47. The van der Waals surface area contributed by atoms with E-state index in [0.717, 1.165) is 24.2 Å². The van der Waals surface area contributed by atoms with Crippen molar-refractivity contribution in [2.45, 2.75) is 40.5 Å². The molecule has 0 radical (unpaired) electrons. The van der Waals surface area contributed by atoms with E-state index in [1.807, 2.05) is 0 Å². The predicted molar refractivity (Wildman–Crippen MR) is 77.0 cm³/mol. The molecule has 1 nitrogen and oxygen atoms in total. The summed E-state index contributed by atoms with van der Waals surface area (Å²) in [6.07, 6.45) is 2.20. The molecule has 1 aromatic carbocycles. The summed E-state index contributed by atoms with van der Waals surface area (Å²) in [5, 5.41) is 0. The molecule has 0 fully saturated rings. The van der Waals surface area contributed by atoms with E-state index in [1.165, 1.54) is 22.3 Å². The summed E-state index contributed by atoms with van der Waals surface area (Å²) < 4.78 is 0. The smallest absolute Gasteiger partial charge is 0.0378 e. The minimum atomic E-state index is 1.09. The summed E-state index contributed by atoms with van der Waals surface area (Å²) in [7, 11) is 0. The number of aromatic nitrogens is 1. The van der Waals surface area contributed by atoms with Crippen LogP contribution in [0.5, 0.6) is 0 Å². The third-order valence-electron chi connectivity index (χ3n) is 3.32. The lowest BCUT2D eigenvalue weighted by Gasteiger charge is -2.08. The Morgan fingerprint density at radius 3 is 2.11 bits per heavy atom. The van der Waals surface area contributed by atoms with Crippen molar-refractivity contribution in [3.63, 3.8) is 0 Å². The maximum absolute atomic E-state index is 4.42. The minimum Gasteiger partial charge on any atom is -0.258 e. The van der Waals surface area contributed by atoms with E-state index in [1.54, 1.807) is 0 Å². The van der Waals surface area contributed by atoms with Crippen LogP contribution in [0.1, 0.15) is 33.6 Å². The van der Waals surface area contributed by atoms with Gasteiger partial charge in [-0.2, -0.15) is 0 Å². The molecule has 0 spiro atoms. The number of rotatable bonds is 3. The molecule has 2 aromatic rings. The maximum Gasteiger partial charge on any atom is 0.0378 e. The van der Waals surface area contributed by atoms with Crippen molar-refractivity contribution >= 4 is 0 Å². The average Bonchev–Trinajstić information content (AvgIpc) is 2.26. The fourth-order valence-corrected chi connectivity index (χ4v) is 2.47. The molecule has 0 unspecified atom stereocenters. The summed E-state index contributed by atoms with van der Waals surface area (Å²) in [6, 6.07) is 11.1. The van der Waals surface area contributed by atoms with Gasteiger partial charge >= 0.3 is 0 Å². The van der Waals surface area contributed by atoms with E-state index < -0.39 is 0 Å². The highest BCUT2D eigenvalue weighted by Crippen LogP contribution is 2.14. The van der Waals surface area contributed by atoms with E-state index in [4.69, 9.17) is 0 Å². The van der Waals surface area contributed by atoms with Gasteiger partial charge < -0.3 is 0 Å². The Bertz CT molecular complexity index is 535. The number of hydrogen-bond acceptors (Lipinski definition) is 1. The van der Waals surface area contributed by atoms with Gasteiger partial charge in [-0.25, -0.2) is 0 Å². The highest BCUT2D eigenvalue weighted by molar-refractivity contribution is 5.31. The van der Waals surface area contributed by atoms with Gasteiger partial charge in [-0.1, -0.05) is 23.8 Å². The van der Waals surface area contributed by atoms with Gasteiger partial charge in [0, 0.05) is 11.4 Å². The van der Waals surface area contributed by atoms with E-state index in [0.29, 0.717) is 0 Å². The Hall–Kier alpha value is -1.63. The molecule has 2 rings (SSSR count). The molecule has 0 saturated carbocycles. The molecule has 1 heterocycles. The second kappa shape index (κ2) is 5.34. The first-order valence-electron chi connectivity index (χ1n) is 6.55. The molecule has 94 valence electrons. The van der Waals surface area contributed by atoms with Gasteiger partial charge in [-0.15, -0.1) is 0 Å². The summed E-state index contributed by atoms with van der Waals surface area (Å²) in [6.45, 7) is 8.47. The molecular weight excluding hydrogens is 218 g/mol. The van der Waals surface area contributed by atoms with Gasteiger partial charge in [0.25, 0.3) is 0 Å². The third kappa shape index (κ3) is 3.19. The van der Waals surface area contributed by atoms with Crippen molar-refractivity contribution in [1.82, 2.24) is 4.98 Å². The first-order valence-corrected chi connectivity index (χ1v) is 6.55. The molecule has 0 saturated heterocycles. The van der Waals surface area contributed by atoms with Crippen molar-refractivity contribution < 1.29 is 0 Å². The van der Waals surface area contributed by atoms with Crippen LogP contribution in [0.3, 0.4) is 0 Å². The predicted octanol–water partition coefficient (Wildman–Crippen LogP) is 4.10. The zero-order valence-electron chi connectivity index (χ0n) is 11.7. The molecular formula is C17H21N. The summed E-state index contributed by atoms with van der Waals surface area (Å²) in [4.78, 5) is 4.42. The van der Waals surface area contributed by atoms with Crippen LogP contribution in [0, 0.1) is 27.7 Å². The summed E-state index contributed by atoms with van der Waals surface area (Å²) >= 11 is 0. The normalized spacial score (nSPS) is 10.7. The van der Waals surface area contributed by atoms with Crippen molar-refractivity contribution in [3.8, 4) is 0 Å². The monoisotopic (exact) mass is 239 g/mol. The van der Waals surface area contributed by atoms with Gasteiger partial charge in [-0.05, 0) is 69.4 Å². The molecule has 0 bridgehead atoms. The number of hydrogen-bond donors (Lipinski definition) is 0. The standard InChI is InChI=1S/C17H21N/c1-12-5-7-17(13(2)9-12)8-6-16-10-14(3)18-15(4)11-16/h5,7,9-11H,6,8H2,1-4H3. The van der Waals surface area contributed by atoms with Crippen LogP contribution in [-0.2, 0) is 12.8 Å². The van der Waals surface area contributed by atoms with Crippen molar-refractivity contribution in [3.05, 3.63) is 64.0 Å². The zero-order valence-corrected chi connectivity index (χ0v) is 11.7. The first kappa shape index (κ1) is 12.8. The minimum absolute atomic E-state index is 1.09. The lowest BCUT2D eigenvalue weighted by atomic mass is 9.99. The number of nitrogens with zero attached hydrogens (tertiary/aromatic N) is 1. The molecule has 0 amide bonds. The van der Waals surface area contributed by atoms with Crippen molar-refractivity contribution in [1.29, 1.82) is 0 Å². The van der Waals surface area contributed by atoms with Crippen LogP contribution in [0.25, 0.3) is 0 Å². The van der Waals surface area contributed by atoms with Crippen molar-refractivity contribution in [2.24, 2.45) is 0 Å². The quantitative estimate of drug-likeness (QED) is 0.785. The van der Waals surface area contributed by atoms with Crippen LogP contribution >= 0.6 is 0 Å². The molecule has 0 aliphatic heterocycles. The zero-order chi connectivity index (χ0) is 13.1. The van der Waals surface area contributed by atoms with Crippen LogP contribution in [-0.4, -0.2) is 4.98 Å². The van der Waals surface area contributed by atoms with E-state index in [9.17, 15) is 0 Å². The third-order valence-corrected chi connectivity index (χ3v) is 3.32. The Morgan fingerprint density at radius 1 is 0.833 bits per heavy atom. The van der Waals surface area contributed by atoms with Crippen LogP contribution in [0.15, 0.2) is 30.3 Å². The highest BCUT2D eigenvalue weighted by Gasteiger charge is 2.01. The van der Waals surface area contributed by atoms with E-state index >= 15 is 0 Å². The van der Waals surface area contributed by atoms with Crippen molar-refractivity contribution in [2.75, 3.05) is 0 Å². The van der Waals surface area contributed by atoms with E-state index in [2.05, 4.69) is 63.0 Å². The van der Waals surface area contributed by atoms with Crippen LogP contribution in [0.4, 0.5) is 0 Å². The van der Waals surface area contributed by atoms with Crippen LogP contribution in [0.2, 0.25) is 0 Å². The number of benzene rings is 1. The van der Waals surface area contributed by atoms with E-state index in [-0.39, 0.29) is 0 Å². The largest absolute Gasteiger partial charge is 0.258 e. The molecule has 0 atom stereocenters. The Kier molecular flexibility index (Phi) is 3.81. The van der Waals surface area contributed by atoms with Gasteiger partial charge in [-0.3, -0.25) is 4.98 Å². The molecule has 0 N–H and O–H groups in total. The highest BCUT2D eigenvalue weighted by atomic mass is 14.7. The molecule has 18 heavy (non-hydrogen) atoms. The Morgan fingerprint density at radius 2 is 1.50 bits per heavy atom. The second-order valence-corrected chi connectivity index (χ2v) is 5.19. The lowest BCUT2D eigenvalue weighted by Crippen LogP contribution is -1.97. The average molecular weight is 239 g/mol. The van der Waals surface area contributed by atoms with Gasteiger partial charge in [0.1, 0.15) is 0 Å². The lowest BCUT2D eigenvalue weighted by molar-refractivity contribution is 0.932. The molecule has 1 heteroatoms. The summed E-state index contributed by atoms with van der Waals surface area (Å²) in [5.74, 6) is 0. The Balaban J connectivity index is 2.11. The topological polar surface area (TPSA) is 12.9 Å². The van der Waals surface area contributed by atoms with Gasteiger partial charge in [0.2, 0.25) is 0 Å². The molecule has 1 aromatic heterocycles. The maximum atomic E-state index is 4.42. The Labute approximate surface area is 110 Å². The second-order valence-electron chi connectivity index (χ2n) is 5.19. The van der Waals surface area contributed by atoms with Gasteiger partial charge in [0.15, 0.2) is 0 Å². The fraction of sp³-hybridized carbons (Fsp3) is 0.353. The SMILES string of the molecule is Cc1ccc(CCc2cc(C)nc(C)c2)c(C)c1. The number of pyridine rings is 1. The molecule has 0 aliphatic carbocycles. The number of aryl methyl sites for hydroxylation is 6. The molecule has 0 aliphatic rings. The van der Waals surface area contributed by atoms with Gasteiger partial charge in [0.05, 0.1) is 0 Å². The first-order chi connectivity index (χ1) is 8.54. The summed E-state index contributed by atoms with van der Waals surface area (Å²) in [5.41, 5.74) is 7.81. The van der Waals surface area contributed by atoms with Crippen LogP contribution < -0.4 is 0 Å².